The number of benzene rings is 1. The van der Waals surface area contributed by atoms with Crippen LogP contribution in [0.15, 0.2) is 46.0 Å². The number of carbonyl (C=O) groups is 4. The van der Waals surface area contributed by atoms with Crippen LogP contribution in [-0.2, 0) is 9.53 Å². The van der Waals surface area contributed by atoms with Gasteiger partial charge in [0, 0.05) is 23.9 Å². The third-order valence-electron chi connectivity index (χ3n) is 9.98. The smallest absolute Gasteiger partial charge is 0.338 e. The third kappa shape index (κ3) is 5.76. The summed E-state index contributed by atoms with van der Waals surface area (Å²) in [4.78, 5) is 57.6. The first-order valence-corrected chi connectivity index (χ1v) is 16.3. The second-order valence-electron chi connectivity index (χ2n) is 12.3. The highest BCUT2D eigenvalue weighted by atomic mass is 16.5. The molecule has 1 aliphatic heterocycles. The van der Waals surface area contributed by atoms with Gasteiger partial charge >= 0.3 is 5.97 Å². The van der Waals surface area contributed by atoms with E-state index >= 15 is 0 Å². The summed E-state index contributed by atoms with van der Waals surface area (Å²) in [6.45, 7) is 10.0. The van der Waals surface area contributed by atoms with E-state index in [0.717, 1.165) is 38.8 Å². The molecule has 1 aromatic carbocycles. The minimum atomic E-state index is -0.662. The summed E-state index contributed by atoms with van der Waals surface area (Å²) in [5.74, 6) is -2.52. The summed E-state index contributed by atoms with van der Waals surface area (Å²) < 4.78 is 5.63. The van der Waals surface area contributed by atoms with E-state index in [1.54, 1.807) is 0 Å². The average Bonchev–Trinajstić information content (AvgIpc) is 3.45. The Bertz CT molecular complexity index is 1410. The molecular formula is C34H44N4O6. The van der Waals surface area contributed by atoms with Gasteiger partial charge in [-0.2, -0.15) is 0 Å². The molecule has 4 unspecified atom stereocenters. The fourth-order valence-corrected chi connectivity index (χ4v) is 7.40. The second-order valence-corrected chi connectivity index (χ2v) is 12.3. The number of rotatable bonds is 11. The number of esters is 1. The topological polar surface area (TPSA) is 129 Å². The summed E-state index contributed by atoms with van der Waals surface area (Å²) in [6, 6.07) is 2.83. The van der Waals surface area contributed by atoms with E-state index in [2.05, 4.69) is 41.1 Å². The lowest BCUT2D eigenvalue weighted by atomic mass is 9.77. The van der Waals surface area contributed by atoms with Gasteiger partial charge < -0.3 is 14.7 Å². The van der Waals surface area contributed by atoms with Crippen molar-refractivity contribution in [1.29, 1.82) is 0 Å². The monoisotopic (exact) mass is 604 g/mol. The van der Waals surface area contributed by atoms with Crippen molar-refractivity contribution in [1.82, 2.24) is 9.80 Å². The number of ether oxygens (including phenoxy) is 1. The van der Waals surface area contributed by atoms with E-state index in [1.165, 1.54) is 17.0 Å². The highest BCUT2D eigenvalue weighted by Crippen LogP contribution is 2.45. The first kappa shape index (κ1) is 31.8. The maximum absolute atomic E-state index is 13.8. The highest BCUT2D eigenvalue weighted by molar-refractivity contribution is 6.26. The number of hydrogen-bond acceptors (Lipinski definition) is 9. The lowest BCUT2D eigenvalue weighted by Crippen LogP contribution is -2.41. The normalized spacial score (nSPS) is 25.1. The zero-order valence-electron chi connectivity index (χ0n) is 26.3. The van der Waals surface area contributed by atoms with Gasteiger partial charge in [-0.3, -0.25) is 19.3 Å². The predicted octanol–water partition coefficient (Wildman–Crippen LogP) is 6.55. The number of hydrogen-bond donors (Lipinski definition) is 1. The van der Waals surface area contributed by atoms with E-state index in [-0.39, 0.29) is 76.1 Å². The number of azo groups is 1. The zero-order valence-corrected chi connectivity index (χ0v) is 26.3. The summed E-state index contributed by atoms with van der Waals surface area (Å²) in [5, 5.41) is 19.6. The molecule has 44 heavy (non-hydrogen) atoms. The Hall–Kier alpha value is -3.66. The number of fused-ring (bicyclic) bond motifs is 2. The first-order valence-electron chi connectivity index (χ1n) is 16.3. The van der Waals surface area contributed by atoms with Gasteiger partial charge in [0.1, 0.15) is 5.76 Å². The number of allylic oxidation sites excluding steroid dienone is 4. The first-order chi connectivity index (χ1) is 21.2. The molecule has 0 bridgehead atoms. The lowest BCUT2D eigenvalue weighted by molar-refractivity contribution is -0.120. The minimum absolute atomic E-state index is 0.0181. The molecule has 1 heterocycles. The van der Waals surface area contributed by atoms with Gasteiger partial charge in [-0.1, -0.05) is 39.8 Å². The van der Waals surface area contributed by atoms with Crippen LogP contribution < -0.4 is 0 Å². The molecule has 1 aromatic rings. The van der Waals surface area contributed by atoms with Crippen molar-refractivity contribution >= 4 is 29.3 Å². The molecule has 1 fully saturated rings. The SMILES string of the molecule is CCC(CC)N1C(=O)c2c(N=NC3=C(O)C4CC(N(CC)CC)CCC4C3=O)ccc(C(=O)OCC3CC=CCC3)c2C1=O. The summed E-state index contributed by atoms with van der Waals surface area (Å²) in [7, 11) is 0. The molecule has 10 heteroatoms. The number of aliphatic hydroxyl groups excluding tert-OH is 1. The number of carbonyl (C=O) groups excluding carboxylic acids is 4. The molecule has 4 atom stereocenters. The van der Waals surface area contributed by atoms with Crippen LogP contribution in [0.3, 0.4) is 0 Å². The molecule has 3 aliphatic carbocycles. The van der Waals surface area contributed by atoms with Crippen LogP contribution in [-0.4, -0.2) is 70.3 Å². The maximum atomic E-state index is 13.8. The minimum Gasteiger partial charge on any atom is -0.510 e. The zero-order chi connectivity index (χ0) is 31.5. The average molecular weight is 605 g/mol. The van der Waals surface area contributed by atoms with Gasteiger partial charge in [0.05, 0.1) is 29.0 Å². The van der Waals surface area contributed by atoms with Crippen molar-refractivity contribution in [3.05, 3.63) is 52.4 Å². The van der Waals surface area contributed by atoms with E-state index in [1.807, 2.05) is 13.8 Å². The lowest BCUT2D eigenvalue weighted by Gasteiger charge is -2.37. The summed E-state index contributed by atoms with van der Waals surface area (Å²) >= 11 is 0. The molecule has 5 rings (SSSR count). The van der Waals surface area contributed by atoms with Crippen molar-refractivity contribution in [3.63, 3.8) is 0 Å². The van der Waals surface area contributed by atoms with Crippen molar-refractivity contribution in [3.8, 4) is 0 Å². The van der Waals surface area contributed by atoms with Gasteiger partial charge in [0.2, 0.25) is 0 Å². The number of nitrogens with zero attached hydrogens (tertiary/aromatic N) is 4. The van der Waals surface area contributed by atoms with Crippen LogP contribution in [0.2, 0.25) is 0 Å². The number of aliphatic hydroxyl groups is 1. The number of Topliss-reactive ketones (excluding diaryl/α,β-unsaturated/α-hetero) is 1. The Kier molecular flexibility index (Phi) is 9.78. The number of amides is 2. The molecule has 1 saturated carbocycles. The van der Waals surface area contributed by atoms with Gasteiger partial charge in [-0.15, -0.1) is 10.2 Å². The summed E-state index contributed by atoms with van der Waals surface area (Å²) in [6.07, 6.45) is 10.2. The van der Waals surface area contributed by atoms with Crippen LogP contribution in [0.25, 0.3) is 0 Å². The highest BCUT2D eigenvalue weighted by Gasteiger charge is 2.47. The van der Waals surface area contributed by atoms with Gasteiger partial charge in [0.25, 0.3) is 11.8 Å². The Labute approximate surface area is 259 Å². The molecule has 0 radical (unpaired) electrons. The fraction of sp³-hybridized carbons (Fsp3) is 0.588. The van der Waals surface area contributed by atoms with Crippen LogP contribution in [0.5, 0.6) is 0 Å². The molecule has 236 valence electrons. The molecule has 10 nitrogen and oxygen atoms in total. The van der Waals surface area contributed by atoms with Crippen LogP contribution in [0, 0.1) is 17.8 Å². The second kappa shape index (κ2) is 13.5. The van der Waals surface area contributed by atoms with Crippen LogP contribution in [0.1, 0.15) is 110 Å². The Morgan fingerprint density at radius 2 is 1.70 bits per heavy atom. The molecule has 1 N–H and O–H groups in total. The van der Waals surface area contributed by atoms with E-state index < -0.39 is 17.8 Å². The molecule has 4 aliphatic rings. The predicted molar refractivity (Wildman–Crippen MR) is 165 cm³/mol. The quantitative estimate of drug-likeness (QED) is 0.131. The molecule has 0 spiro atoms. The van der Waals surface area contributed by atoms with Crippen molar-refractivity contribution in [2.24, 2.45) is 28.0 Å². The van der Waals surface area contributed by atoms with Crippen LogP contribution >= 0.6 is 0 Å². The Morgan fingerprint density at radius 3 is 2.36 bits per heavy atom. The number of imide groups is 1. The van der Waals surface area contributed by atoms with E-state index in [0.29, 0.717) is 25.7 Å². The molecule has 0 saturated heterocycles. The third-order valence-corrected chi connectivity index (χ3v) is 9.98. The Balaban J connectivity index is 1.46. The van der Waals surface area contributed by atoms with Crippen molar-refractivity contribution in [2.45, 2.75) is 91.1 Å². The maximum Gasteiger partial charge on any atom is 0.338 e. The molecule has 0 aromatic heterocycles. The van der Waals surface area contributed by atoms with Crippen molar-refractivity contribution < 1.29 is 29.0 Å². The van der Waals surface area contributed by atoms with E-state index in [9.17, 15) is 24.3 Å². The van der Waals surface area contributed by atoms with Gasteiger partial charge in [-0.25, -0.2) is 4.79 Å². The standard InChI is InChI=1S/C34H44N4O6/c1-5-21(6-2)38-32(41)27-24(34(43)44-19-20-12-10-9-11-13-20)16-17-26(28(27)33(38)42)35-36-29-30(39)23-15-14-22(37(7-3)8-4)18-25(23)31(29)40/h9-10,16-17,20-23,25,40H,5-8,11-15,18-19H2,1-4H3. The molecular weight excluding hydrogens is 560 g/mol. The van der Waals surface area contributed by atoms with Gasteiger partial charge in [0.15, 0.2) is 11.5 Å². The largest absolute Gasteiger partial charge is 0.510 e. The Morgan fingerprint density at radius 1 is 0.977 bits per heavy atom. The summed E-state index contributed by atoms with van der Waals surface area (Å²) in [5.41, 5.74) is -0.0641. The molecule has 2 amide bonds. The van der Waals surface area contributed by atoms with Crippen LogP contribution in [0.4, 0.5) is 5.69 Å². The van der Waals surface area contributed by atoms with E-state index in [4.69, 9.17) is 4.74 Å². The van der Waals surface area contributed by atoms with Gasteiger partial charge in [-0.05, 0) is 82.5 Å². The fourth-order valence-electron chi connectivity index (χ4n) is 7.40. The van der Waals surface area contributed by atoms with Crippen molar-refractivity contribution in [2.75, 3.05) is 19.7 Å². The number of ketones is 1.